The molecule has 3 aliphatic rings. The van der Waals surface area contributed by atoms with Crippen molar-refractivity contribution < 1.29 is 28.2 Å². The number of rotatable bonds is 3. The van der Waals surface area contributed by atoms with Gasteiger partial charge in [0.15, 0.2) is 11.4 Å². The zero-order chi connectivity index (χ0) is 31.9. The van der Waals surface area contributed by atoms with Crippen molar-refractivity contribution >= 4 is 11.8 Å². The molecule has 3 aliphatic heterocycles. The Kier molecular flexibility index (Phi) is 9.97. The fraction of sp³-hybridized carbons (Fsp3) is 0.400. The summed E-state index contributed by atoms with van der Waals surface area (Å²) in [6, 6.07) is 13.5. The Hall–Kier alpha value is -4.64. The summed E-state index contributed by atoms with van der Waals surface area (Å²) >= 11 is 0. The molecule has 0 spiro atoms. The summed E-state index contributed by atoms with van der Waals surface area (Å²) in [5.41, 5.74) is 0.630. The van der Waals surface area contributed by atoms with Crippen LogP contribution in [0.2, 0.25) is 0 Å². The number of amides is 2. The Labute approximate surface area is 267 Å². The zero-order valence-electron chi connectivity index (χ0n) is 25.8. The molecule has 2 amide bonds. The van der Waals surface area contributed by atoms with Crippen LogP contribution in [0.5, 0.6) is 11.5 Å². The van der Waals surface area contributed by atoms with Gasteiger partial charge in [0.05, 0.1) is 19.8 Å². The molecule has 11 heteroatoms. The third kappa shape index (κ3) is 6.94. The van der Waals surface area contributed by atoms with Crippen LogP contribution >= 0.6 is 0 Å². The van der Waals surface area contributed by atoms with Gasteiger partial charge in [0.1, 0.15) is 29.9 Å². The van der Waals surface area contributed by atoms with Gasteiger partial charge in [-0.2, -0.15) is 0 Å². The molecule has 46 heavy (non-hydrogen) atoms. The van der Waals surface area contributed by atoms with Crippen LogP contribution in [0.3, 0.4) is 0 Å². The second kappa shape index (κ2) is 14.6. The van der Waals surface area contributed by atoms with E-state index in [0.29, 0.717) is 50.6 Å². The molecule has 242 valence electrons. The maximum Gasteiger partial charge on any atom is 0.278 e. The summed E-state index contributed by atoms with van der Waals surface area (Å²) in [5, 5.41) is 4.81. The highest BCUT2D eigenvalue weighted by molar-refractivity contribution is 5.99. The SMILES string of the molecule is O=C1NCc2ccc(F)cc2OCC/C=C/CCCCCCN2[C@@H]3COCCN3C(=O)c3c(OCc4ccccc4)c(=O)c1cn32. The van der Waals surface area contributed by atoms with Crippen molar-refractivity contribution in [3.05, 3.63) is 105 Å². The normalized spacial score (nSPS) is 20.1. The smallest absolute Gasteiger partial charge is 0.278 e. The minimum absolute atomic E-state index is 0.00142. The minimum atomic E-state index is -0.677. The lowest BCUT2D eigenvalue weighted by molar-refractivity contribution is -0.0174. The van der Waals surface area contributed by atoms with E-state index in [9.17, 15) is 18.8 Å². The average Bonchev–Trinajstić information content (AvgIpc) is 3.07. The maximum absolute atomic E-state index is 14.1. The summed E-state index contributed by atoms with van der Waals surface area (Å²) in [5.74, 6) is -1.28. The molecule has 2 bridgehead atoms. The number of carbonyl (C=O) groups excluding carboxylic acids is 2. The van der Waals surface area contributed by atoms with Crippen LogP contribution in [0.25, 0.3) is 0 Å². The molecule has 1 saturated heterocycles. The number of benzene rings is 2. The van der Waals surface area contributed by atoms with Gasteiger partial charge in [-0.05, 0) is 37.3 Å². The van der Waals surface area contributed by atoms with Gasteiger partial charge in [-0.25, -0.2) is 4.39 Å². The Morgan fingerprint density at radius 1 is 0.935 bits per heavy atom. The molecule has 4 heterocycles. The molecule has 3 aromatic rings. The fourth-order valence-corrected chi connectivity index (χ4v) is 6.05. The van der Waals surface area contributed by atoms with Crippen LogP contribution in [0.4, 0.5) is 4.39 Å². The summed E-state index contributed by atoms with van der Waals surface area (Å²) < 4.78 is 33.5. The largest absolute Gasteiger partial charge is 0.493 e. The third-order valence-corrected chi connectivity index (χ3v) is 8.49. The van der Waals surface area contributed by atoms with Crippen LogP contribution in [-0.2, 0) is 17.9 Å². The van der Waals surface area contributed by atoms with Crippen molar-refractivity contribution in [2.45, 2.75) is 57.8 Å². The van der Waals surface area contributed by atoms with E-state index < -0.39 is 23.3 Å². The Morgan fingerprint density at radius 2 is 1.76 bits per heavy atom. The quantitative estimate of drug-likeness (QED) is 0.424. The Bertz CT molecular complexity index is 1640. The van der Waals surface area contributed by atoms with E-state index in [0.717, 1.165) is 37.7 Å². The van der Waals surface area contributed by atoms with Crippen molar-refractivity contribution in [1.29, 1.82) is 0 Å². The number of aromatic nitrogens is 1. The number of hydrogen-bond acceptors (Lipinski definition) is 7. The van der Waals surface area contributed by atoms with E-state index in [2.05, 4.69) is 17.5 Å². The van der Waals surface area contributed by atoms with E-state index in [1.165, 1.54) is 18.3 Å². The number of allylic oxidation sites excluding steroid dienone is 1. The second-order valence-corrected chi connectivity index (χ2v) is 11.6. The predicted molar refractivity (Wildman–Crippen MR) is 170 cm³/mol. The van der Waals surface area contributed by atoms with E-state index in [-0.39, 0.29) is 36.1 Å². The van der Waals surface area contributed by atoms with Crippen molar-refractivity contribution in [1.82, 2.24) is 14.9 Å². The van der Waals surface area contributed by atoms with Crippen molar-refractivity contribution in [2.24, 2.45) is 0 Å². The summed E-state index contributed by atoms with van der Waals surface area (Å²) in [6.45, 7) is 2.06. The topological polar surface area (TPSA) is 102 Å². The maximum atomic E-state index is 14.1. The lowest BCUT2D eigenvalue weighted by Crippen LogP contribution is -2.65. The van der Waals surface area contributed by atoms with Crippen LogP contribution in [0.15, 0.2) is 71.7 Å². The molecule has 2 aromatic carbocycles. The van der Waals surface area contributed by atoms with Gasteiger partial charge in [0.2, 0.25) is 5.43 Å². The lowest BCUT2D eigenvalue weighted by atomic mass is 10.1. The molecule has 0 unspecified atom stereocenters. The van der Waals surface area contributed by atoms with Gasteiger partial charge < -0.3 is 24.4 Å². The predicted octanol–water partition coefficient (Wildman–Crippen LogP) is 4.54. The monoisotopic (exact) mass is 630 g/mol. The van der Waals surface area contributed by atoms with E-state index >= 15 is 0 Å². The van der Waals surface area contributed by atoms with E-state index in [1.807, 2.05) is 35.3 Å². The number of ether oxygens (including phenoxy) is 3. The first-order valence-corrected chi connectivity index (χ1v) is 16.0. The Balaban J connectivity index is 1.40. The molecule has 6 rings (SSSR count). The number of nitrogens with one attached hydrogen (secondary N) is 1. The number of carbonyl (C=O) groups is 2. The average molecular weight is 631 g/mol. The highest BCUT2D eigenvalue weighted by Gasteiger charge is 2.42. The van der Waals surface area contributed by atoms with E-state index in [4.69, 9.17) is 14.2 Å². The molecule has 1 aromatic heterocycles. The van der Waals surface area contributed by atoms with Crippen molar-refractivity contribution in [3.63, 3.8) is 0 Å². The highest BCUT2D eigenvalue weighted by atomic mass is 19.1. The standard InChI is InChI=1S/C35H39FN4O6/c36-27-15-14-26-21-37-34(42)28-22-40-31(33(32(28)41)46-23-25-12-8-7-9-13-25)35(43)38-17-19-44-24-30(38)39(40)16-10-5-3-1-2-4-6-11-18-45-29(26)20-27/h4,6-9,12-15,20,22,30H,1-3,5,10-11,16-19,21,23-24H2,(H,37,42)/b6-4+/t30-/m1/s1. The van der Waals surface area contributed by atoms with E-state index in [1.54, 1.807) is 15.6 Å². The number of halogens is 1. The second-order valence-electron chi connectivity index (χ2n) is 11.6. The lowest BCUT2D eigenvalue weighted by Gasteiger charge is -2.48. The van der Waals surface area contributed by atoms with Crippen molar-refractivity contribution in [3.8, 4) is 11.5 Å². The van der Waals surface area contributed by atoms with Gasteiger partial charge in [-0.15, -0.1) is 0 Å². The first-order valence-electron chi connectivity index (χ1n) is 16.0. The number of pyridine rings is 1. The summed E-state index contributed by atoms with van der Waals surface area (Å²) in [6.07, 6.45) is 10.8. The van der Waals surface area contributed by atoms with Crippen LogP contribution in [-0.4, -0.2) is 60.5 Å². The van der Waals surface area contributed by atoms with Crippen LogP contribution in [0.1, 0.15) is 70.5 Å². The fourth-order valence-electron chi connectivity index (χ4n) is 6.05. The molecular formula is C35H39FN4O6. The van der Waals surface area contributed by atoms with Gasteiger partial charge in [0, 0.05) is 37.5 Å². The van der Waals surface area contributed by atoms with Gasteiger partial charge in [-0.3, -0.25) is 24.1 Å². The summed E-state index contributed by atoms with van der Waals surface area (Å²) in [7, 11) is 0. The molecule has 10 nitrogen and oxygen atoms in total. The van der Waals surface area contributed by atoms with Gasteiger partial charge in [0.25, 0.3) is 11.8 Å². The number of nitrogens with zero attached hydrogens (tertiary/aromatic N) is 3. The minimum Gasteiger partial charge on any atom is -0.493 e. The summed E-state index contributed by atoms with van der Waals surface area (Å²) in [4.78, 5) is 43.5. The van der Waals surface area contributed by atoms with Crippen LogP contribution < -0.4 is 25.2 Å². The molecule has 0 radical (unpaired) electrons. The number of morpholine rings is 1. The number of fused-ring (bicyclic) bond motifs is 4. The molecule has 0 aliphatic carbocycles. The Morgan fingerprint density at radius 3 is 2.63 bits per heavy atom. The van der Waals surface area contributed by atoms with Gasteiger partial charge in [-0.1, -0.05) is 61.4 Å². The molecule has 1 N–H and O–H groups in total. The first kappa shape index (κ1) is 31.3. The highest BCUT2D eigenvalue weighted by Crippen LogP contribution is 2.28. The molecule has 1 fully saturated rings. The van der Waals surface area contributed by atoms with Crippen LogP contribution in [0, 0.1) is 5.82 Å². The van der Waals surface area contributed by atoms with Gasteiger partial charge >= 0.3 is 0 Å². The molecular weight excluding hydrogens is 591 g/mol. The van der Waals surface area contributed by atoms with Crippen molar-refractivity contribution in [2.75, 3.05) is 37.9 Å². The zero-order valence-corrected chi connectivity index (χ0v) is 25.8. The molecule has 1 atom stereocenters. The number of hydrogen-bond donors (Lipinski definition) is 1. The third-order valence-electron chi connectivity index (χ3n) is 8.49. The molecule has 0 saturated carbocycles. The first-order chi connectivity index (χ1) is 22.5.